The van der Waals surface area contributed by atoms with E-state index in [0.717, 1.165) is 12.8 Å². The van der Waals surface area contributed by atoms with E-state index in [9.17, 15) is 5.11 Å². The summed E-state index contributed by atoms with van der Waals surface area (Å²) in [5, 5.41) is 10.6. The van der Waals surface area contributed by atoms with Gasteiger partial charge in [0.25, 0.3) is 0 Å². The molecule has 211 valence electrons. The topological polar surface area (TPSA) is 29.5 Å². The normalized spacial score (nSPS) is 16.9. The second-order valence-electron chi connectivity index (χ2n) is 13.1. The van der Waals surface area contributed by atoms with E-state index >= 15 is 0 Å². The highest BCUT2D eigenvalue weighted by Gasteiger charge is 2.44. The fraction of sp³-hybridized carbons (Fsp3) is 0.714. The first-order valence-electron chi connectivity index (χ1n) is 15.9. The second-order valence-corrected chi connectivity index (χ2v) is 13.1. The number of unbranched alkanes of at least 4 members (excludes halogenated alkanes) is 10. The maximum absolute atomic E-state index is 10.6. The van der Waals surface area contributed by atoms with Gasteiger partial charge in [0.05, 0.1) is 11.2 Å². The Balaban J connectivity index is 1.85. The first-order valence-corrected chi connectivity index (χ1v) is 15.9. The predicted octanol–water partition coefficient (Wildman–Crippen LogP) is 10.1. The molecule has 0 bridgehead atoms. The van der Waals surface area contributed by atoms with E-state index in [-0.39, 0.29) is 5.41 Å². The van der Waals surface area contributed by atoms with Crippen molar-refractivity contribution >= 4 is 13.1 Å². The zero-order chi connectivity index (χ0) is 27.7. The van der Waals surface area contributed by atoms with Crippen LogP contribution in [0.4, 0.5) is 0 Å². The van der Waals surface area contributed by atoms with Crippen LogP contribution in [-0.4, -0.2) is 23.8 Å². The van der Waals surface area contributed by atoms with E-state index in [1.807, 2.05) is 35.2 Å². The van der Waals surface area contributed by atoms with Gasteiger partial charge in [0.2, 0.25) is 0 Å². The first-order chi connectivity index (χ1) is 18.2. The molecule has 0 saturated heterocycles. The Morgan fingerprint density at radius 3 is 1.92 bits per heavy atom. The lowest BCUT2D eigenvalue weighted by Crippen LogP contribution is -2.48. The van der Waals surface area contributed by atoms with Gasteiger partial charge in [0.1, 0.15) is 0 Å². The molecule has 0 aromatic heterocycles. The van der Waals surface area contributed by atoms with Crippen molar-refractivity contribution in [2.75, 3.05) is 0 Å². The highest BCUT2D eigenvalue weighted by atomic mass is 16.5. The van der Waals surface area contributed by atoms with E-state index in [1.54, 1.807) is 16.7 Å². The number of allylic oxidation sites excluding steroid dienone is 4. The molecule has 0 heterocycles. The number of aliphatic hydroxyl groups is 1. The molecule has 2 nitrogen and oxygen atoms in total. The van der Waals surface area contributed by atoms with E-state index in [1.165, 1.54) is 101 Å². The van der Waals surface area contributed by atoms with Crippen LogP contribution in [0, 0.1) is 0 Å². The molecule has 1 N–H and O–H groups in total. The molecule has 0 amide bonds. The molecule has 0 unspecified atom stereocenters. The fourth-order valence-corrected chi connectivity index (χ4v) is 6.30. The van der Waals surface area contributed by atoms with Gasteiger partial charge in [-0.25, -0.2) is 0 Å². The Labute approximate surface area is 236 Å². The Morgan fingerprint density at radius 1 is 0.789 bits per heavy atom. The zero-order valence-corrected chi connectivity index (χ0v) is 25.6. The number of hydrogen-bond donors (Lipinski definition) is 1. The third-order valence-corrected chi connectivity index (χ3v) is 9.49. The molecule has 3 heteroatoms. The van der Waals surface area contributed by atoms with Gasteiger partial charge in [0, 0.05) is 5.41 Å². The molecular weight excluding hydrogens is 463 g/mol. The number of hydrogen-bond acceptors (Lipinski definition) is 2. The van der Waals surface area contributed by atoms with Crippen LogP contribution in [0.15, 0.2) is 41.4 Å². The summed E-state index contributed by atoms with van der Waals surface area (Å²) in [4.78, 5) is 0. The van der Waals surface area contributed by atoms with Crippen molar-refractivity contribution in [3.8, 4) is 0 Å². The van der Waals surface area contributed by atoms with Crippen LogP contribution in [0.2, 0.25) is 0 Å². The van der Waals surface area contributed by atoms with Crippen molar-refractivity contribution in [1.29, 1.82) is 0 Å². The largest absolute Gasteiger partial charge is 0.427 e. The molecule has 2 aliphatic carbocycles. The average Bonchev–Trinajstić information content (AvgIpc) is 3.16. The summed E-state index contributed by atoms with van der Waals surface area (Å²) in [7, 11) is 1.95. The van der Waals surface area contributed by atoms with Crippen molar-refractivity contribution in [1.82, 2.24) is 0 Å². The van der Waals surface area contributed by atoms with Gasteiger partial charge < -0.3 is 9.76 Å². The maximum atomic E-state index is 10.6. The molecule has 0 spiro atoms. The van der Waals surface area contributed by atoms with Crippen LogP contribution < -0.4 is 0 Å². The van der Waals surface area contributed by atoms with E-state index in [0.29, 0.717) is 0 Å². The molecule has 0 aliphatic heterocycles. The minimum atomic E-state index is -0.911. The smallest absolute Gasteiger partial charge is 0.326 e. The van der Waals surface area contributed by atoms with Crippen LogP contribution >= 0.6 is 0 Å². The van der Waals surface area contributed by atoms with Crippen LogP contribution in [-0.2, 0) is 10.1 Å². The van der Waals surface area contributed by atoms with Crippen LogP contribution in [0.1, 0.15) is 155 Å². The van der Waals surface area contributed by atoms with E-state index in [4.69, 9.17) is 4.65 Å². The lowest BCUT2D eigenvalue weighted by molar-refractivity contribution is -0.0897. The third kappa shape index (κ3) is 7.66. The van der Waals surface area contributed by atoms with Gasteiger partial charge in [0.15, 0.2) is 0 Å². The highest BCUT2D eigenvalue weighted by Crippen LogP contribution is 2.55. The summed E-state index contributed by atoms with van der Waals surface area (Å²) >= 11 is 0. The quantitative estimate of drug-likeness (QED) is 0.154. The van der Waals surface area contributed by atoms with Crippen LogP contribution in [0.3, 0.4) is 0 Å². The minimum Gasteiger partial charge on any atom is -0.427 e. The molecule has 38 heavy (non-hydrogen) atoms. The Hall–Kier alpha value is -1.32. The molecule has 0 fully saturated rings. The van der Waals surface area contributed by atoms with Gasteiger partial charge in [-0.1, -0.05) is 127 Å². The summed E-state index contributed by atoms with van der Waals surface area (Å²) < 4.78 is 6.23. The second kappa shape index (κ2) is 14.4. The van der Waals surface area contributed by atoms with Crippen molar-refractivity contribution in [2.45, 2.75) is 161 Å². The molecule has 3 rings (SSSR count). The van der Waals surface area contributed by atoms with Gasteiger partial charge in [-0.2, -0.15) is 0 Å². The predicted molar refractivity (Wildman–Crippen MR) is 166 cm³/mol. The van der Waals surface area contributed by atoms with Crippen LogP contribution in [0.5, 0.6) is 0 Å². The Morgan fingerprint density at radius 2 is 1.34 bits per heavy atom. The van der Waals surface area contributed by atoms with Crippen molar-refractivity contribution in [3.05, 3.63) is 52.5 Å². The summed E-state index contributed by atoms with van der Waals surface area (Å²) in [6.45, 7) is 12.2. The SMILES string of the molecule is CCCCCCCCC1(CCCCCCCC)C2=C(CCC([B]OC(C)(C)C(C)(C)O)=C2)c2ccccc21. The molecular formula is C35H56BO2. The molecule has 1 aromatic rings. The number of rotatable bonds is 18. The molecule has 2 aliphatic rings. The van der Waals surface area contributed by atoms with Crippen molar-refractivity contribution < 1.29 is 9.76 Å². The fourth-order valence-electron chi connectivity index (χ4n) is 6.30. The lowest BCUT2D eigenvalue weighted by atomic mass is 9.66. The summed E-state index contributed by atoms with van der Waals surface area (Å²) in [6, 6.07) is 9.31. The van der Waals surface area contributed by atoms with Crippen LogP contribution in [0.25, 0.3) is 5.57 Å². The third-order valence-electron chi connectivity index (χ3n) is 9.49. The first kappa shape index (κ1) is 31.2. The van der Waals surface area contributed by atoms with Crippen molar-refractivity contribution in [3.63, 3.8) is 0 Å². The highest BCUT2D eigenvalue weighted by molar-refractivity contribution is 6.38. The number of fused-ring (bicyclic) bond motifs is 2. The Bertz CT molecular complexity index is 917. The van der Waals surface area contributed by atoms with Gasteiger partial charge in [-0.05, 0) is 75.7 Å². The molecule has 0 saturated carbocycles. The summed E-state index contributed by atoms with van der Waals surface area (Å²) in [5.41, 5.74) is 6.09. The van der Waals surface area contributed by atoms with E-state index < -0.39 is 11.2 Å². The minimum absolute atomic E-state index is 0.132. The lowest BCUT2D eigenvalue weighted by Gasteiger charge is -2.38. The molecule has 0 atom stereocenters. The summed E-state index contributed by atoms with van der Waals surface area (Å²) in [5.74, 6) is 0. The number of benzene rings is 1. The monoisotopic (exact) mass is 519 g/mol. The van der Waals surface area contributed by atoms with Gasteiger partial charge >= 0.3 is 7.48 Å². The molecule has 1 radical (unpaired) electrons. The standard InChI is InChI=1S/C35H56BO2/c1-7-9-11-13-15-19-25-35(26-20-16-14-12-10-8-2)31-22-18-17-21-29(31)30-24-23-28(27-32(30)35)36-38-34(5,6)33(3,4)37/h17-18,21-22,27,37H,7-16,19-20,23-26H2,1-6H3. The average molecular weight is 520 g/mol. The summed E-state index contributed by atoms with van der Waals surface area (Å²) in [6.07, 6.45) is 23.2. The van der Waals surface area contributed by atoms with E-state index in [2.05, 4.69) is 44.2 Å². The zero-order valence-electron chi connectivity index (χ0n) is 25.6. The Kier molecular flexibility index (Phi) is 11.8. The van der Waals surface area contributed by atoms with Gasteiger partial charge in [-0.3, -0.25) is 0 Å². The molecule has 1 aromatic carbocycles. The van der Waals surface area contributed by atoms with Gasteiger partial charge in [-0.15, -0.1) is 0 Å². The van der Waals surface area contributed by atoms with Crippen molar-refractivity contribution in [2.24, 2.45) is 0 Å². The maximum Gasteiger partial charge on any atom is 0.326 e.